The highest BCUT2D eigenvalue weighted by molar-refractivity contribution is 8.01. The molecule has 0 radical (unpaired) electrons. The molecule has 0 amide bonds. The van der Waals surface area contributed by atoms with Crippen LogP contribution in [0.1, 0.15) is 0 Å². The minimum absolute atomic E-state index is 0.787. The summed E-state index contributed by atoms with van der Waals surface area (Å²) in [6, 6.07) is 138. The molecule has 0 unspecified atom stereocenters. The van der Waals surface area contributed by atoms with Crippen LogP contribution in [0.25, 0.3) is 44.5 Å². The van der Waals surface area contributed by atoms with Gasteiger partial charge in [0.15, 0.2) is 0 Å². The molecule has 13 heteroatoms. The molecule has 0 saturated heterocycles. The van der Waals surface area contributed by atoms with Crippen LogP contribution >= 0.6 is 7.26 Å². The van der Waals surface area contributed by atoms with Gasteiger partial charge in [-0.1, -0.05) is 97.1 Å². The summed E-state index contributed by atoms with van der Waals surface area (Å²) in [7, 11) is 10.7. The quantitative estimate of drug-likeness (QED) is 0.0438. The number of nitrogens with zero attached hydrogens (tertiary/aromatic N) is 4. The van der Waals surface area contributed by atoms with Crippen LogP contribution in [0.4, 0.5) is 68.2 Å². The molecule has 0 heterocycles. The summed E-state index contributed by atoms with van der Waals surface area (Å²) in [4.78, 5) is 8.98. The molecule has 117 heavy (non-hydrogen) atoms. The zero-order valence-electron chi connectivity index (χ0n) is 66.5. The van der Waals surface area contributed by atoms with Crippen molar-refractivity contribution in [1.29, 1.82) is 0 Å². The van der Waals surface area contributed by atoms with Gasteiger partial charge in [-0.15, -0.1) is 0 Å². The van der Waals surface area contributed by atoms with Crippen LogP contribution in [0.3, 0.4) is 0 Å². The van der Waals surface area contributed by atoms with Gasteiger partial charge in [-0.25, -0.2) is 0 Å². The Hall–Kier alpha value is -14.5. The van der Waals surface area contributed by atoms with Crippen LogP contribution in [0, 0.1) is 0 Å². The van der Waals surface area contributed by atoms with Crippen molar-refractivity contribution in [2.45, 2.75) is 0 Å². The molecule has 0 aliphatic heterocycles. The van der Waals surface area contributed by atoms with Gasteiger partial charge in [-0.05, 0) is 336 Å². The fourth-order valence-electron chi connectivity index (χ4n) is 15.3. The molecule has 0 bridgehead atoms. The monoisotopic (exact) mass is 1550 g/mol. The molecule has 0 aliphatic carbocycles. The van der Waals surface area contributed by atoms with Crippen molar-refractivity contribution in [3.63, 3.8) is 0 Å². The van der Waals surface area contributed by atoms with Gasteiger partial charge in [-0.3, -0.25) is 0 Å². The number of hydrogen-bond acceptors (Lipinski definition) is 12. The Morgan fingerprint density at radius 2 is 0.222 bits per heavy atom. The van der Waals surface area contributed by atoms with Gasteiger partial charge in [0.05, 0.1) is 56.9 Å². The van der Waals surface area contributed by atoms with Gasteiger partial charge in [0, 0.05) is 68.2 Å². The van der Waals surface area contributed by atoms with Gasteiger partial charge < -0.3 is 57.5 Å². The summed E-state index contributed by atoms with van der Waals surface area (Å²) in [5.41, 5.74) is 20.7. The molecule has 12 nitrogen and oxygen atoms in total. The summed E-state index contributed by atoms with van der Waals surface area (Å²) in [5, 5.41) is 4.80. The Bertz CT molecular complexity index is 4990. The number of ether oxygens (including phenoxy) is 8. The van der Waals surface area contributed by atoms with Crippen LogP contribution in [0.2, 0.25) is 0 Å². The Kier molecular flexibility index (Phi) is 22.8. The van der Waals surface area contributed by atoms with E-state index in [-0.39, 0.29) is 0 Å². The van der Waals surface area contributed by atoms with Crippen LogP contribution < -0.4 is 78.7 Å². The average Bonchev–Trinajstić information content (AvgIpc) is 0.726. The largest absolute Gasteiger partial charge is 0.497 e. The molecular formula is C104H88N4O8P+. The van der Waals surface area contributed by atoms with E-state index in [1.807, 2.05) is 97.1 Å². The summed E-state index contributed by atoms with van der Waals surface area (Å²) in [5.74, 6) is 6.30. The zero-order valence-corrected chi connectivity index (χ0v) is 67.3. The molecule has 0 fully saturated rings. The van der Waals surface area contributed by atoms with Crippen molar-refractivity contribution >= 4 is 96.7 Å². The van der Waals surface area contributed by atoms with E-state index in [4.69, 9.17) is 37.9 Å². The number of methoxy groups -OCH3 is 8. The van der Waals surface area contributed by atoms with E-state index in [1.165, 1.54) is 21.2 Å². The van der Waals surface area contributed by atoms with Crippen molar-refractivity contribution in [2.24, 2.45) is 0 Å². The van der Waals surface area contributed by atoms with E-state index >= 15 is 0 Å². The minimum atomic E-state index is -2.85. The van der Waals surface area contributed by atoms with Gasteiger partial charge in [0.1, 0.15) is 74.5 Å². The highest BCUT2D eigenvalue weighted by Gasteiger charge is 2.48. The first-order chi connectivity index (χ1) is 57.5. The summed E-state index contributed by atoms with van der Waals surface area (Å²) < 4.78 is 44.7. The molecule has 0 aliphatic rings. The SMILES string of the molecule is COc1ccc(N(c2ccc(OC)cc2)c2ccc(-c3ccc([P+](c4ccc(-c5ccc(N(c6ccc(OC)cc6)c6ccc(OC)cc6)cc5)cc4)(c4ccc(-c5ccc(N(c6ccc(OC)cc6)c6ccc(OC)cc6)cc5)cc4)c4ccc(-c5ccc(N(c6ccc(OC)cc6)c6ccc(OC)cc6)cc5)cc4)cc3)cc2)cc1. The molecule has 576 valence electrons. The molecule has 0 spiro atoms. The predicted molar refractivity (Wildman–Crippen MR) is 484 cm³/mol. The molecule has 0 N–H and O–H groups in total. The lowest BCUT2D eigenvalue weighted by Gasteiger charge is -2.28. The van der Waals surface area contributed by atoms with Crippen LogP contribution in [-0.2, 0) is 0 Å². The van der Waals surface area contributed by atoms with Crippen LogP contribution in [0.15, 0.2) is 388 Å². The second-order valence-corrected chi connectivity index (χ2v) is 31.4. The lowest BCUT2D eigenvalue weighted by atomic mass is 10.0. The van der Waals surface area contributed by atoms with Gasteiger partial charge >= 0.3 is 0 Å². The Morgan fingerprint density at radius 1 is 0.128 bits per heavy atom. The van der Waals surface area contributed by atoms with Crippen molar-refractivity contribution in [3.8, 4) is 90.5 Å². The van der Waals surface area contributed by atoms with E-state index < -0.39 is 7.26 Å². The standard InChI is InChI=1S/C104H88N4O8P/c1-109-93-49-33-85(34-50-93)105(86-35-51-94(110-2)52-36-86)81-25-9-73(10-26-81)77-17-65-101(66-18-77)117(102-67-19-78(20-68-102)74-11-27-82(28-12-74)106(87-37-53-95(111-3)54-38-87)88-39-55-96(112-4)56-40-88,103-69-21-79(22-70-103)75-13-29-83(30-14-75)107(89-41-57-97(113-5)58-42-89)90-43-59-98(114-6)60-44-90)104-71-23-80(24-72-104)76-15-31-84(32-16-76)108(91-45-61-99(115-7)62-46-91)92-47-63-100(116-8)64-48-92/h9-72H,1-8H3/q+1. The van der Waals surface area contributed by atoms with Gasteiger partial charge in [0.25, 0.3) is 0 Å². The zero-order chi connectivity index (χ0) is 80.2. The number of hydrogen-bond donors (Lipinski definition) is 0. The van der Waals surface area contributed by atoms with Gasteiger partial charge in [-0.2, -0.15) is 0 Å². The van der Waals surface area contributed by atoms with Crippen molar-refractivity contribution in [3.05, 3.63) is 388 Å². The molecule has 16 rings (SSSR count). The third kappa shape index (κ3) is 16.2. The van der Waals surface area contributed by atoms with E-state index in [2.05, 4.69) is 311 Å². The number of rotatable bonds is 28. The molecule has 0 atom stereocenters. The average molecular weight is 1550 g/mol. The molecule has 0 aromatic heterocycles. The first-order valence-electron chi connectivity index (χ1n) is 38.6. The van der Waals surface area contributed by atoms with E-state index in [0.717, 1.165) is 159 Å². The Balaban J connectivity index is 0.817. The van der Waals surface area contributed by atoms with Crippen molar-refractivity contribution < 1.29 is 37.9 Å². The lowest BCUT2D eigenvalue weighted by Crippen LogP contribution is -2.38. The second kappa shape index (κ2) is 34.9. The Morgan fingerprint density at radius 3 is 0.325 bits per heavy atom. The van der Waals surface area contributed by atoms with E-state index in [9.17, 15) is 0 Å². The minimum Gasteiger partial charge on any atom is -0.497 e. The highest BCUT2D eigenvalue weighted by Crippen LogP contribution is 2.56. The molecule has 0 saturated carbocycles. The third-order valence-corrected chi connectivity index (χ3v) is 25.8. The maximum atomic E-state index is 5.59. The number of benzene rings is 16. The topological polar surface area (TPSA) is 86.8 Å². The fraction of sp³-hybridized carbons (Fsp3) is 0.0769. The van der Waals surface area contributed by atoms with Crippen LogP contribution in [-0.4, -0.2) is 56.9 Å². The molecule has 16 aromatic rings. The molecule has 16 aromatic carbocycles. The summed E-state index contributed by atoms with van der Waals surface area (Å²) in [6.45, 7) is 0. The van der Waals surface area contributed by atoms with E-state index in [0.29, 0.717) is 0 Å². The number of anilines is 12. The summed E-state index contributed by atoms with van der Waals surface area (Å²) >= 11 is 0. The first kappa shape index (κ1) is 76.5. The Labute approximate surface area is 685 Å². The third-order valence-electron chi connectivity index (χ3n) is 21.5. The highest BCUT2D eigenvalue weighted by atomic mass is 31.2. The summed E-state index contributed by atoms with van der Waals surface area (Å²) in [6.07, 6.45) is 0. The van der Waals surface area contributed by atoms with Crippen molar-refractivity contribution in [1.82, 2.24) is 0 Å². The first-order valence-corrected chi connectivity index (χ1v) is 40.4. The fourth-order valence-corrected chi connectivity index (χ4v) is 19.4. The lowest BCUT2D eigenvalue weighted by molar-refractivity contribution is 0.414. The second-order valence-electron chi connectivity index (χ2n) is 28.0. The van der Waals surface area contributed by atoms with Crippen molar-refractivity contribution in [2.75, 3.05) is 76.5 Å². The predicted octanol–water partition coefficient (Wildman–Crippen LogP) is 24.9. The van der Waals surface area contributed by atoms with Crippen LogP contribution in [0.5, 0.6) is 46.0 Å². The van der Waals surface area contributed by atoms with E-state index in [1.54, 1.807) is 56.9 Å². The smallest absolute Gasteiger partial charge is 0.144 e. The maximum absolute atomic E-state index is 5.59. The normalized spacial score (nSPS) is 11.1. The maximum Gasteiger partial charge on any atom is 0.144 e. The molecular weight excluding hydrogens is 1460 g/mol. The van der Waals surface area contributed by atoms with Gasteiger partial charge in [0.2, 0.25) is 0 Å².